The number of hydrogen-bond acceptors (Lipinski definition) is 9. The Morgan fingerprint density at radius 1 is 1.05 bits per heavy atom. The number of esters is 1. The van der Waals surface area contributed by atoms with E-state index in [4.69, 9.17) is 18.9 Å². The second kappa shape index (κ2) is 13.4. The Morgan fingerprint density at radius 2 is 1.82 bits per heavy atom. The average molecular weight is 610 g/mol. The minimum absolute atomic E-state index is 0.174. The first-order chi connectivity index (χ1) is 21.4. The fourth-order valence-electron chi connectivity index (χ4n) is 5.02. The van der Waals surface area contributed by atoms with E-state index in [9.17, 15) is 14.9 Å². The van der Waals surface area contributed by atoms with Gasteiger partial charge in [-0.05, 0) is 56.7 Å². The van der Waals surface area contributed by atoms with Gasteiger partial charge in [0.1, 0.15) is 18.4 Å². The van der Waals surface area contributed by atoms with Crippen molar-refractivity contribution >= 4 is 23.4 Å². The molecule has 9 nitrogen and oxygen atoms in total. The summed E-state index contributed by atoms with van der Waals surface area (Å²) < 4.78 is 24.8. The fourth-order valence-corrected chi connectivity index (χ4v) is 6.07. The van der Waals surface area contributed by atoms with Crippen LogP contribution in [0.3, 0.4) is 0 Å². The van der Waals surface area contributed by atoms with Gasteiger partial charge in [0.2, 0.25) is 0 Å². The van der Waals surface area contributed by atoms with Gasteiger partial charge in [-0.25, -0.2) is 9.79 Å². The summed E-state index contributed by atoms with van der Waals surface area (Å²) in [5.74, 6) is 1.02. The lowest BCUT2D eigenvalue weighted by molar-refractivity contribution is -0.139. The normalized spacial score (nSPS) is 14.3. The van der Waals surface area contributed by atoms with E-state index in [2.05, 4.69) is 11.1 Å². The van der Waals surface area contributed by atoms with Crippen molar-refractivity contribution in [3.8, 4) is 23.3 Å². The largest absolute Gasteiger partial charge is 0.493 e. The second-order valence-corrected chi connectivity index (χ2v) is 10.7. The van der Waals surface area contributed by atoms with Gasteiger partial charge in [-0.3, -0.25) is 9.36 Å². The number of hydrogen-bond donors (Lipinski definition) is 0. The minimum atomic E-state index is -0.837. The zero-order valence-corrected chi connectivity index (χ0v) is 25.6. The van der Waals surface area contributed by atoms with Crippen molar-refractivity contribution in [1.82, 2.24) is 4.57 Å². The van der Waals surface area contributed by atoms with Crippen molar-refractivity contribution in [3.63, 3.8) is 0 Å². The number of carbonyl (C=O) groups excluding carboxylic acids is 1. The van der Waals surface area contributed by atoms with Crippen LogP contribution in [-0.4, -0.2) is 30.9 Å². The van der Waals surface area contributed by atoms with Crippen LogP contribution in [0.25, 0.3) is 6.08 Å². The van der Waals surface area contributed by atoms with Gasteiger partial charge in [0.15, 0.2) is 16.3 Å². The van der Waals surface area contributed by atoms with Gasteiger partial charge in [-0.15, -0.1) is 0 Å². The van der Waals surface area contributed by atoms with Crippen molar-refractivity contribution in [1.29, 1.82) is 5.26 Å². The third-order valence-corrected chi connectivity index (χ3v) is 8.02. The Balaban J connectivity index is 1.55. The number of thiazole rings is 1. The zero-order valence-electron chi connectivity index (χ0n) is 24.8. The molecule has 1 aromatic heterocycles. The molecule has 2 heterocycles. The Morgan fingerprint density at radius 3 is 2.52 bits per heavy atom. The van der Waals surface area contributed by atoms with Gasteiger partial charge in [0.25, 0.3) is 5.56 Å². The van der Waals surface area contributed by atoms with Gasteiger partial charge in [-0.2, -0.15) is 5.26 Å². The van der Waals surface area contributed by atoms with Crippen LogP contribution in [-0.2, 0) is 16.1 Å². The molecule has 10 heteroatoms. The highest BCUT2D eigenvalue weighted by Gasteiger charge is 2.36. The van der Waals surface area contributed by atoms with Crippen LogP contribution in [0.5, 0.6) is 17.2 Å². The van der Waals surface area contributed by atoms with Crippen molar-refractivity contribution in [2.24, 2.45) is 4.99 Å². The summed E-state index contributed by atoms with van der Waals surface area (Å²) in [6, 6.07) is 21.4. The lowest BCUT2D eigenvalue weighted by atomic mass is 9.94. The van der Waals surface area contributed by atoms with Gasteiger partial charge in [-0.1, -0.05) is 53.8 Å². The van der Waals surface area contributed by atoms with E-state index in [1.165, 1.54) is 15.9 Å². The number of ether oxygens (including phenoxy) is 4. The summed E-state index contributed by atoms with van der Waals surface area (Å²) in [5.41, 5.74) is 3.18. The predicted molar refractivity (Wildman–Crippen MR) is 166 cm³/mol. The monoisotopic (exact) mass is 609 g/mol. The Bertz CT molecular complexity index is 1950. The highest BCUT2D eigenvalue weighted by molar-refractivity contribution is 7.07. The molecule has 44 heavy (non-hydrogen) atoms. The number of allylic oxidation sites excluding steroid dienone is 1. The number of aromatic nitrogens is 1. The number of para-hydroxylation sites is 1. The number of nitriles is 1. The maximum atomic E-state index is 14.0. The molecule has 0 saturated heterocycles. The summed E-state index contributed by atoms with van der Waals surface area (Å²) in [7, 11) is 1.54. The van der Waals surface area contributed by atoms with E-state index in [1.54, 1.807) is 45.2 Å². The van der Waals surface area contributed by atoms with Crippen molar-refractivity contribution in [3.05, 3.63) is 120 Å². The maximum absolute atomic E-state index is 14.0. The highest BCUT2D eigenvalue weighted by atomic mass is 32.1. The molecule has 0 saturated carbocycles. The SMILES string of the molecule is CCOC(=O)C1=C(C)N=c2sc(=Cc3ccc(OCc4ccccc4C#N)cc3)c(=O)n2C1c1cccc(OC)c1OCC. The topological polar surface area (TPSA) is 112 Å². The molecule has 0 spiro atoms. The molecule has 0 amide bonds. The lowest BCUT2D eigenvalue weighted by Gasteiger charge is -2.26. The lowest BCUT2D eigenvalue weighted by Crippen LogP contribution is -2.40. The predicted octanol–water partition coefficient (Wildman–Crippen LogP) is 4.66. The van der Waals surface area contributed by atoms with E-state index >= 15 is 0 Å². The van der Waals surface area contributed by atoms with Crippen molar-refractivity contribution < 1.29 is 23.7 Å². The van der Waals surface area contributed by atoms with Gasteiger partial charge in [0.05, 0.1) is 47.8 Å². The van der Waals surface area contributed by atoms with Crippen LogP contribution in [0.1, 0.15) is 49.1 Å². The van der Waals surface area contributed by atoms with E-state index in [-0.39, 0.29) is 24.3 Å². The van der Waals surface area contributed by atoms with Crippen LogP contribution in [0.15, 0.2) is 87.8 Å². The maximum Gasteiger partial charge on any atom is 0.338 e. The average Bonchev–Trinajstić information content (AvgIpc) is 3.34. The van der Waals surface area contributed by atoms with Crippen LogP contribution >= 0.6 is 11.3 Å². The van der Waals surface area contributed by atoms with E-state index in [1.807, 2.05) is 55.5 Å². The molecule has 224 valence electrons. The highest BCUT2D eigenvalue weighted by Crippen LogP contribution is 2.40. The van der Waals surface area contributed by atoms with Crippen LogP contribution < -0.4 is 29.1 Å². The Hall–Kier alpha value is -5.14. The zero-order chi connectivity index (χ0) is 31.2. The Kier molecular flexibility index (Phi) is 9.26. The fraction of sp³-hybridized carbons (Fsp3) is 0.235. The minimum Gasteiger partial charge on any atom is -0.493 e. The molecular formula is C34H31N3O6S. The molecule has 5 rings (SSSR count). The van der Waals surface area contributed by atoms with Gasteiger partial charge in [0, 0.05) is 11.1 Å². The molecule has 3 aromatic carbocycles. The van der Waals surface area contributed by atoms with Gasteiger partial charge >= 0.3 is 5.97 Å². The third-order valence-electron chi connectivity index (χ3n) is 7.04. The van der Waals surface area contributed by atoms with E-state index in [0.29, 0.717) is 50.0 Å². The number of fused-ring (bicyclic) bond motifs is 1. The molecule has 1 atom stereocenters. The second-order valence-electron chi connectivity index (χ2n) is 9.74. The molecule has 0 bridgehead atoms. The van der Waals surface area contributed by atoms with E-state index < -0.39 is 12.0 Å². The van der Waals surface area contributed by atoms with Crippen LogP contribution in [0, 0.1) is 11.3 Å². The number of benzene rings is 3. The summed E-state index contributed by atoms with van der Waals surface area (Å²) >= 11 is 1.24. The molecule has 0 radical (unpaired) electrons. The molecule has 4 aromatic rings. The van der Waals surface area contributed by atoms with Crippen LogP contribution in [0.4, 0.5) is 0 Å². The third kappa shape index (κ3) is 6.00. The summed E-state index contributed by atoms with van der Waals surface area (Å²) in [4.78, 5) is 32.4. The molecular weight excluding hydrogens is 578 g/mol. The standard InChI is InChI=1S/C34H31N3O6S/c1-5-41-31-26(12-9-13-27(31)40-4)30-29(33(39)42-6-2)21(3)36-34-37(30)32(38)28(44-34)18-22-14-16-25(17-15-22)43-20-24-11-8-7-10-23(24)19-35/h7-18,30H,5-6,20H2,1-4H3. The van der Waals surface area contributed by atoms with Crippen LogP contribution in [0.2, 0.25) is 0 Å². The number of carbonyl (C=O) groups is 1. The summed E-state index contributed by atoms with van der Waals surface area (Å²) in [6.07, 6.45) is 1.79. The first-order valence-corrected chi connectivity index (χ1v) is 14.9. The van der Waals surface area contributed by atoms with Crippen molar-refractivity contribution in [2.75, 3.05) is 20.3 Å². The quantitative estimate of drug-likeness (QED) is 0.241. The molecule has 1 aliphatic heterocycles. The summed E-state index contributed by atoms with van der Waals surface area (Å²) in [6.45, 7) is 6.13. The molecule has 1 aliphatic rings. The first-order valence-electron chi connectivity index (χ1n) is 14.1. The molecule has 1 unspecified atom stereocenters. The Labute approximate surface area is 258 Å². The first kappa shape index (κ1) is 30.3. The number of rotatable bonds is 10. The van der Waals surface area contributed by atoms with Crippen molar-refractivity contribution in [2.45, 2.75) is 33.4 Å². The molecule has 0 N–H and O–H groups in total. The summed E-state index contributed by atoms with van der Waals surface area (Å²) in [5, 5.41) is 9.32. The molecule has 0 fully saturated rings. The molecule has 0 aliphatic carbocycles. The smallest absolute Gasteiger partial charge is 0.338 e. The van der Waals surface area contributed by atoms with E-state index in [0.717, 1.165) is 11.1 Å². The number of nitrogens with zero attached hydrogens (tertiary/aromatic N) is 3. The van der Waals surface area contributed by atoms with Gasteiger partial charge < -0.3 is 18.9 Å². The number of methoxy groups -OCH3 is 1.